The van der Waals surface area contributed by atoms with Crippen LogP contribution in [0.1, 0.15) is 48.7 Å². The molecular weight excluding hydrogens is 476 g/mol. The summed E-state index contributed by atoms with van der Waals surface area (Å²) in [5.74, 6) is 1.77. The van der Waals surface area contributed by atoms with E-state index in [-0.39, 0.29) is 12.3 Å². The Morgan fingerprint density at radius 1 is 1.10 bits per heavy atom. The van der Waals surface area contributed by atoms with Crippen LogP contribution in [0.5, 0.6) is 11.5 Å². The minimum absolute atomic E-state index is 0.105. The summed E-state index contributed by atoms with van der Waals surface area (Å²) in [6, 6.07) is 22.3. The van der Waals surface area contributed by atoms with Gasteiger partial charge in [-0.1, -0.05) is 46.6 Å². The van der Waals surface area contributed by atoms with Crippen LogP contribution in [0.3, 0.4) is 0 Å². The van der Waals surface area contributed by atoms with Crippen molar-refractivity contribution in [3.63, 3.8) is 0 Å². The van der Waals surface area contributed by atoms with E-state index < -0.39 is 0 Å². The maximum Gasteiger partial charge on any atom is 0.213 e. The summed E-state index contributed by atoms with van der Waals surface area (Å²) in [5, 5.41) is 7.81. The molecule has 3 aromatic rings. The SMILES string of the molecule is CCCOc1ccc([C@@H]2Oc3ccc(Br)cc3[C@H]3CC(c4ccc(Cl)cc4)=NN32)cc1. The summed E-state index contributed by atoms with van der Waals surface area (Å²) in [7, 11) is 0. The average molecular weight is 498 g/mol. The van der Waals surface area contributed by atoms with Gasteiger partial charge in [0.15, 0.2) is 0 Å². The van der Waals surface area contributed by atoms with Gasteiger partial charge in [0.1, 0.15) is 11.5 Å². The Bertz CT molecular complexity index is 1120. The first-order chi connectivity index (χ1) is 15.1. The predicted molar refractivity (Wildman–Crippen MR) is 127 cm³/mol. The van der Waals surface area contributed by atoms with Crippen molar-refractivity contribution in [2.45, 2.75) is 32.0 Å². The van der Waals surface area contributed by atoms with E-state index in [1.807, 2.05) is 48.5 Å². The monoisotopic (exact) mass is 496 g/mol. The number of benzene rings is 3. The van der Waals surface area contributed by atoms with Gasteiger partial charge in [0.05, 0.1) is 18.4 Å². The van der Waals surface area contributed by atoms with Crippen molar-refractivity contribution in [1.29, 1.82) is 0 Å². The second-order valence-electron chi connectivity index (χ2n) is 7.72. The molecule has 0 amide bonds. The molecule has 4 nitrogen and oxygen atoms in total. The van der Waals surface area contributed by atoms with Crippen LogP contribution in [0.25, 0.3) is 0 Å². The van der Waals surface area contributed by atoms with Gasteiger partial charge in [-0.15, -0.1) is 0 Å². The van der Waals surface area contributed by atoms with Gasteiger partial charge in [-0.3, -0.25) is 0 Å². The highest BCUT2D eigenvalue weighted by molar-refractivity contribution is 9.10. The molecule has 0 N–H and O–H groups in total. The zero-order valence-corrected chi connectivity index (χ0v) is 19.4. The first-order valence-corrected chi connectivity index (χ1v) is 11.6. The molecule has 2 atom stereocenters. The predicted octanol–water partition coefficient (Wildman–Crippen LogP) is 7.13. The molecule has 2 aliphatic heterocycles. The van der Waals surface area contributed by atoms with Crippen molar-refractivity contribution in [2.24, 2.45) is 5.10 Å². The van der Waals surface area contributed by atoms with E-state index in [1.54, 1.807) is 0 Å². The molecule has 31 heavy (non-hydrogen) atoms. The van der Waals surface area contributed by atoms with Gasteiger partial charge in [-0.25, -0.2) is 5.01 Å². The van der Waals surface area contributed by atoms with Gasteiger partial charge in [-0.2, -0.15) is 5.10 Å². The number of nitrogens with zero attached hydrogens (tertiary/aromatic N) is 2. The number of rotatable bonds is 5. The molecule has 0 radical (unpaired) electrons. The van der Waals surface area contributed by atoms with Crippen molar-refractivity contribution in [1.82, 2.24) is 5.01 Å². The highest BCUT2D eigenvalue weighted by atomic mass is 79.9. The van der Waals surface area contributed by atoms with Crippen molar-refractivity contribution < 1.29 is 9.47 Å². The molecule has 0 saturated carbocycles. The summed E-state index contributed by atoms with van der Waals surface area (Å²) < 4.78 is 13.2. The summed E-state index contributed by atoms with van der Waals surface area (Å²) in [5.41, 5.74) is 4.30. The Morgan fingerprint density at radius 3 is 2.61 bits per heavy atom. The minimum atomic E-state index is -0.302. The zero-order valence-electron chi connectivity index (χ0n) is 17.1. The lowest BCUT2D eigenvalue weighted by atomic mass is 9.96. The van der Waals surface area contributed by atoms with E-state index in [4.69, 9.17) is 26.2 Å². The topological polar surface area (TPSA) is 34.1 Å². The molecule has 2 heterocycles. The molecule has 0 bridgehead atoms. The molecule has 0 saturated heterocycles. The quantitative estimate of drug-likeness (QED) is 0.376. The third-order valence-corrected chi connectivity index (χ3v) is 6.31. The summed E-state index contributed by atoms with van der Waals surface area (Å²) in [6.45, 7) is 2.81. The summed E-state index contributed by atoms with van der Waals surface area (Å²) in [4.78, 5) is 0. The first kappa shape index (κ1) is 20.4. The highest BCUT2D eigenvalue weighted by Crippen LogP contribution is 2.48. The van der Waals surface area contributed by atoms with Crippen LogP contribution in [-0.4, -0.2) is 17.3 Å². The van der Waals surface area contributed by atoms with Crippen LogP contribution >= 0.6 is 27.5 Å². The van der Waals surface area contributed by atoms with Crippen LogP contribution in [-0.2, 0) is 0 Å². The number of ether oxygens (including phenoxy) is 2. The summed E-state index contributed by atoms with van der Waals surface area (Å²) >= 11 is 9.69. The van der Waals surface area contributed by atoms with E-state index in [2.05, 4.69) is 46.1 Å². The number of hydrazone groups is 1. The molecule has 2 aliphatic rings. The molecular formula is C25H22BrClN2O2. The second-order valence-corrected chi connectivity index (χ2v) is 9.08. The molecule has 6 heteroatoms. The fourth-order valence-corrected chi connectivity index (χ4v) is 4.55. The Labute approximate surface area is 195 Å². The van der Waals surface area contributed by atoms with Gasteiger partial charge in [0, 0.05) is 27.0 Å². The van der Waals surface area contributed by atoms with Gasteiger partial charge in [0.2, 0.25) is 6.23 Å². The smallest absolute Gasteiger partial charge is 0.213 e. The largest absolute Gasteiger partial charge is 0.494 e. The van der Waals surface area contributed by atoms with E-state index in [0.717, 1.165) is 56.2 Å². The molecule has 3 aromatic carbocycles. The Kier molecular flexibility index (Phi) is 5.63. The average Bonchev–Trinajstić information content (AvgIpc) is 3.24. The Morgan fingerprint density at radius 2 is 1.87 bits per heavy atom. The fraction of sp³-hybridized carbons (Fsp3) is 0.240. The van der Waals surface area contributed by atoms with Crippen molar-refractivity contribution in [2.75, 3.05) is 6.61 Å². The third kappa shape index (κ3) is 4.04. The molecule has 0 fully saturated rings. The number of fused-ring (bicyclic) bond motifs is 3. The van der Waals surface area contributed by atoms with Crippen molar-refractivity contribution >= 4 is 33.2 Å². The number of hydrogen-bond donors (Lipinski definition) is 0. The van der Waals surface area contributed by atoms with Crippen molar-refractivity contribution in [3.8, 4) is 11.5 Å². The lowest BCUT2D eigenvalue weighted by molar-refractivity contribution is -0.0191. The van der Waals surface area contributed by atoms with Gasteiger partial charge in [-0.05, 0) is 66.6 Å². The Balaban J connectivity index is 1.52. The van der Waals surface area contributed by atoms with E-state index in [1.165, 1.54) is 0 Å². The minimum Gasteiger partial charge on any atom is -0.494 e. The van der Waals surface area contributed by atoms with Gasteiger partial charge < -0.3 is 9.47 Å². The standard InChI is InChI=1S/C25H22BrClN2O2/c1-2-13-30-20-10-5-17(6-11-20)25-29-23(21-14-18(26)7-12-24(21)31-25)15-22(28-29)16-3-8-19(27)9-4-16/h3-12,14,23,25H,2,13,15H2,1H3/t23-,25+/m1/s1. The molecule has 158 valence electrons. The van der Waals surface area contributed by atoms with E-state index in [9.17, 15) is 0 Å². The van der Waals surface area contributed by atoms with Crippen LogP contribution in [0, 0.1) is 0 Å². The maximum atomic E-state index is 6.45. The van der Waals surface area contributed by atoms with Crippen LogP contribution in [0.4, 0.5) is 0 Å². The lowest BCUT2D eigenvalue weighted by Gasteiger charge is -2.38. The van der Waals surface area contributed by atoms with Crippen LogP contribution in [0.15, 0.2) is 76.3 Å². The molecule has 0 unspecified atom stereocenters. The molecule has 5 rings (SSSR count). The Hall–Kier alpha value is -2.50. The number of hydrogen-bond acceptors (Lipinski definition) is 4. The normalized spacial score (nSPS) is 19.3. The molecule has 0 spiro atoms. The fourth-order valence-electron chi connectivity index (χ4n) is 4.04. The van der Waals surface area contributed by atoms with E-state index in [0.29, 0.717) is 6.61 Å². The van der Waals surface area contributed by atoms with E-state index >= 15 is 0 Å². The zero-order chi connectivity index (χ0) is 21.4. The molecule has 0 aliphatic carbocycles. The van der Waals surface area contributed by atoms with Crippen LogP contribution < -0.4 is 9.47 Å². The molecule has 0 aromatic heterocycles. The maximum absolute atomic E-state index is 6.45. The van der Waals surface area contributed by atoms with Crippen LogP contribution in [0.2, 0.25) is 5.02 Å². The third-order valence-electron chi connectivity index (χ3n) is 5.57. The van der Waals surface area contributed by atoms with Crippen molar-refractivity contribution in [3.05, 3.63) is 92.9 Å². The van der Waals surface area contributed by atoms with Gasteiger partial charge >= 0.3 is 0 Å². The second kappa shape index (κ2) is 8.56. The number of halogens is 2. The summed E-state index contributed by atoms with van der Waals surface area (Å²) in [6.07, 6.45) is 1.49. The first-order valence-electron chi connectivity index (χ1n) is 10.4. The van der Waals surface area contributed by atoms with Gasteiger partial charge in [0.25, 0.3) is 0 Å². The highest BCUT2D eigenvalue weighted by Gasteiger charge is 2.41. The lowest BCUT2D eigenvalue weighted by Crippen LogP contribution is -2.33.